The van der Waals surface area contributed by atoms with Crippen LogP contribution in [0.4, 0.5) is 5.69 Å². The smallest absolute Gasteiger partial charge is 0.255 e. The second kappa shape index (κ2) is 7.28. The van der Waals surface area contributed by atoms with E-state index in [9.17, 15) is 4.79 Å². The van der Waals surface area contributed by atoms with Crippen LogP contribution in [0.3, 0.4) is 0 Å². The fourth-order valence-electron chi connectivity index (χ4n) is 1.69. The van der Waals surface area contributed by atoms with E-state index in [1.54, 1.807) is 0 Å². The summed E-state index contributed by atoms with van der Waals surface area (Å²) in [6, 6.07) is 14.9. The molecule has 0 fully saturated rings. The van der Waals surface area contributed by atoms with Crippen molar-refractivity contribution in [2.75, 3.05) is 11.9 Å². The van der Waals surface area contributed by atoms with E-state index in [0.717, 1.165) is 21.4 Å². The quantitative estimate of drug-likeness (QED) is 0.783. The van der Waals surface area contributed by atoms with Crippen LogP contribution in [-0.4, -0.2) is 12.5 Å². The van der Waals surface area contributed by atoms with E-state index < -0.39 is 0 Å². The van der Waals surface area contributed by atoms with E-state index in [0.29, 0.717) is 12.2 Å². The maximum atomic E-state index is 12.1. The van der Waals surface area contributed by atoms with Gasteiger partial charge >= 0.3 is 0 Å². The highest BCUT2D eigenvalue weighted by Crippen LogP contribution is 2.18. The van der Waals surface area contributed by atoms with Gasteiger partial charge in [0.25, 0.3) is 5.91 Å². The molecule has 0 heterocycles. The number of anilines is 1. The summed E-state index contributed by atoms with van der Waals surface area (Å²) < 4.78 is 6.65. The molecule has 0 aliphatic carbocycles. The van der Waals surface area contributed by atoms with Gasteiger partial charge < -0.3 is 10.1 Å². The summed E-state index contributed by atoms with van der Waals surface area (Å²) in [4.78, 5) is 12.1. The lowest BCUT2D eigenvalue weighted by atomic mass is 10.2. The molecule has 2 rings (SSSR count). The van der Waals surface area contributed by atoms with Gasteiger partial charge in [-0.15, -0.1) is 0 Å². The number of hydrogen-bond acceptors (Lipinski definition) is 2. The Balaban J connectivity index is 2.05. The lowest BCUT2D eigenvalue weighted by Crippen LogP contribution is -2.11. The molecule has 3 nitrogen and oxygen atoms in total. The van der Waals surface area contributed by atoms with Crippen LogP contribution in [0.2, 0.25) is 0 Å². The first kappa shape index (κ1) is 14.8. The Kier molecular flexibility index (Phi) is 5.40. The zero-order valence-electron chi connectivity index (χ0n) is 11.2. The van der Waals surface area contributed by atoms with Crippen LogP contribution >= 0.6 is 22.6 Å². The Morgan fingerprint density at radius 1 is 1.20 bits per heavy atom. The molecule has 0 aromatic heterocycles. The second-order valence-corrected chi connectivity index (χ2v) is 5.58. The summed E-state index contributed by atoms with van der Waals surface area (Å²) in [5.41, 5.74) is 1.38. The molecule has 0 saturated heterocycles. The number of hydrogen-bond donors (Lipinski definition) is 1. The number of carbonyl (C=O) groups is 1. The molecule has 2 aromatic carbocycles. The number of halogens is 1. The maximum absolute atomic E-state index is 12.1. The molecule has 0 atom stereocenters. The number of ether oxygens (including phenoxy) is 1. The van der Waals surface area contributed by atoms with Gasteiger partial charge in [-0.3, -0.25) is 4.79 Å². The maximum Gasteiger partial charge on any atom is 0.255 e. The third kappa shape index (κ3) is 4.23. The predicted octanol–water partition coefficient (Wildman–Crippen LogP) is 4.33. The van der Waals surface area contributed by atoms with Crippen LogP contribution in [0, 0.1) is 3.57 Å². The summed E-state index contributed by atoms with van der Waals surface area (Å²) in [5, 5.41) is 2.87. The summed E-state index contributed by atoms with van der Waals surface area (Å²) in [6.45, 7) is 2.73. The van der Waals surface area contributed by atoms with Crippen LogP contribution in [0.1, 0.15) is 23.7 Å². The Morgan fingerprint density at radius 2 is 1.95 bits per heavy atom. The summed E-state index contributed by atoms with van der Waals surface area (Å²) in [5.74, 6) is 0.654. The topological polar surface area (TPSA) is 38.3 Å². The van der Waals surface area contributed by atoms with Crippen molar-refractivity contribution in [1.82, 2.24) is 0 Å². The SMILES string of the molecule is CCCOc1cccc(NC(=O)c2ccc(I)cc2)c1. The first-order valence-corrected chi connectivity index (χ1v) is 7.56. The van der Waals surface area contributed by atoms with Gasteiger partial charge in [0.1, 0.15) is 5.75 Å². The lowest BCUT2D eigenvalue weighted by Gasteiger charge is -2.08. The lowest BCUT2D eigenvalue weighted by molar-refractivity contribution is 0.102. The molecule has 0 radical (unpaired) electrons. The van der Waals surface area contributed by atoms with Crippen LogP contribution in [0.15, 0.2) is 48.5 Å². The van der Waals surface area contributed by atoms with Gasteiger partial charge in [0, 0.05) is 20.9 Å². The summed E-state index contributed by atoms with van der Waals surface area (Å²) >= 11 is 2.21. The predicted molar refractivity (Wildman–Crippen MR) is 89.3 cm³/mol. The fraction of sp³-hybridized carbons (Fsp3) is 0.188. The third-order valence-electron chi connectivity index (χ3n) is 2.67. The average Bonchev–Trinajstić information content (AvgIpc) is 2.46. The number of nitrogens with one attached hydrogen (secondary N) is 1. The van der Waals surface area contributed by atoms with Gasteiger partial charge in [0.15, 0.2) is 0 Å². The van der Waals surface area contributed by atoms with Gasteiger partial charge in [-0.1, -0.05) is 13.0 Å². The Morgan fingerprint density at radius 3 is 2.65 bits per heavy atom. The molecule has 1 N–H and O–H groups in total. The molecule has 2 aromatic rings. The van der Waals surface area contributed by atoms with E-state index in [1.807, 2.05) is 48.5 Å². The molecule has 20 heavy (non-hydrogen) atoms. The molecular weight excluding hydrogens is 365 g/mol. The van der Waals surface area contributed by atoms with Crippen molar-refractivity contribution in [1.29, 1.82) is 0 Å². The van der Waals surface area contributed by atoms with Crippen LogP contribution in [0.25, 0.3) is 0 Å². The van der Waals surface area contributed by atoms with E-state index in [1.165, 1.54) is 0 Å². The normalized spacial score (nSPS) is 10.1. The first-order valence-electron chi connectivity index (χ1n) is 6.49. The first-order chi connectivity index (χ1) is 9.69. The average molecular weight is 381 g/mol. The van der Waals surface area contributed by atoms with Crippen molar-refractivity contribution >= 4 is 34.2 Å². The second-order valence-electron chi connectivity index (χ2n) is 4.34. The van der Waals surface area contributed by atoms with Gasteiger partial charge in [-0.05, 0) is 65.4 Å². The Labute approximate surface area is 132 Å². The van der Waals surface area contributed by atoms with Crippen molar-refractivity contribution in [2.24, 2.45) is 0 Å². The summed E-state index contributed by atoms with van der Waals surface area (Å²) in [7, 11) is 0. The standard InChI is InChI=1S/C16H16INO2/c1-2-10-20-15-5-3-4-14(11-15)18-16(19)12-6-8-13(17)9-7-12/h3-9,11H,2,10H2,1H3,(H,18,19). The van der Waals surface area contributed by atoms with Crippen LogP contribution < -0.4 is 10.1 Å². The number of rotatable bonds is 5. The zero-order valence-corrected chi connectivity index (χ0v) is 13.4. The van der Waals surface area contributed by atoms with Crippen LogP contribution in [-0.2, 0) is 0 Å². The van der Waals surface area contributed by atoms with E-state index in [-0.39, 0.29) is 5.91 Å². The van der Waals surface area contributed by atoms with Gasteiger partial charge in [-0.25, -0.2) is 0 Å². The highest BCUT2D eigenvalue weighted by Gasteiger charge is 2.06. The minimum Gasteiger partial charge on any atom is -0.494 e. The van der Waals surface area contributed by atoms with Crippen molar-refractivity contribution in [3.8, 4) is 5.75 Å². The van der Waals surface area contributed by atoms with Crippen LogP contribution in [0.5, 0.6) is 5.75 Å². The van der Waals surface area contributed by atoms with Gasteiger partial charge in [0.05, 0.1) is 6.61 Å². The molecule has 104 valence electrons. The minimum atomic E-state index is -0.117. The molecule has 0 saturated carbocycles. The fourth-order valence-corrected chi connectivity index (χ4v) is 2.05. The molecule has 4 heteroatoms. The molecule has 0 bridgehead atoms. The van der Waals surface area contributed by atoms with Gasteiger partial charge in [0.2, 0.25) is 0 Å². The molecule has 0 aliphatic heterocycles. The minimum absolute atomic E-state index is 0.117. The highest BCUT2D eigenvalue weighted by atomic mass is 127. The van der Waals surface area contributed by atoms with Crippen molar-refractivity contribution in [3.63, 3.8) is 0 Å². The van der Waals surface area contributed by atoms with E-state index in [4.69, 9.17) is 4.74 Å². The number of amides is 1. The molecular formula is C16H16INO2. The highest BCUT2D eigenvalue weighted by molar-refractivity contribution is 14.1. The Bertz CT molecular complexity index is 581. The summed E-state index contributed by atoms with van der Waals surface area (Å²) in [6.07, 6.45) is 0.958. The molecule has 1 amide bonds. The van der Waals surface area contributed by atoms with Gasteiger partial charge in [-0.2, -0.15) is 0 Å². The number of benzene rings is 2. The monoisotopic (exact) mass is 381 g/mol. The van der Waals surface area contributed by atoms with E-state index >= 15 is 0 Å². The molecule has 0 spiro atoms. The molecule has 0 unspecified atom stereocenters. The van der Waals surface area contributed by atoms with Crippen molar-refractivity contribution < 1.29 is 9.53 Å². The van der Waals surface area contributed by atoms with Crippen molar-refractivity contribution in [3.05, 3.63) is 57.7 Å². The van der Waals surface area contributed by atoms with E-state index in [2.05, 4.69) is 34.8 Å². The zero-order chi connectivity index (χ0) is 14.4. The molecule has 0 aliphatic rings. The third-order valence-corrected chi connectivity index (χ3v) is 3.39. The Hall–Kier alpha value is -1.56. The number of carbonyl (C=O) groups excluding carboxylic acids is 1. The van der Waals surface area contributed by atoms with Crippen molar-refractivity contribution in [2.45, 2.75) is 13.3 Å². The largest absolute Gasteiger partial charge is 0.494 e.